The minimum absolute atomic E-state index is 0.00306. The summed E-state index contributed by atoms with van der Waals surface area (Å²) in [5.74, 6) is 0.205. The Labute approximate surface area is 83.3 Å². The van der Waals surface area contributed by atoms with Gasteiger partial charge in [-0.05, 0) is 18.6 Å². The molecule has 2 N–H and O–H groups in total. The Balaban J connectivity index is 1.84. The second-order valence-corrected chi connectivity index (χ2v) is 3.68. The molecule has 0 aromatic carbocycles. The van der Waals surface area contributed by atoms with Crippen molar-refractivity contribution in [2.45, 2.75) is 19.0 Å². The second kappa shape index (κ2) is 3.84. The first-order valence-corrected chi connectivity index (χ1v) is 4.88. The van der Waals surface area contributed by atoms with Crippen molar-refractivity contribution in [1.29, 1.82) is 0 Å². The molecule has 1 atom stereocenters. The van der Waals surface area contributed by atoms with Crippen molar-refractivity contribution in [3.63, 3.8) is 0 Å². The molecule has 76 valence electrons. The number of hydrogen-bond acceptors (Lipinski definition) is 2. The van der Waals surface area contributed by atoms with Gasteiger partial charge in [-0.25, -0.2) is 0 Å². The van der Waals surface area contributed by atoms with Gasteiger partial charge in [0, 0.05) is 32.0 Å². The van der Waals surface area contributed by atoms with E-state index < -0.39 is 0 Å². The molecule has 0 radical (unpaired) electrons. The van der Waals surface area contributed by atoms with E-state index in [1.807, 2.05) is 25.4 Å². The predicted molar refractivity (Wildman–Crippen MR) is 53.7 cm³/mol. The molecular formula is C10H15N3O. The number of amides is 1. The summed E-state index contributed by atoms with van der Waals surface area (Å²) >= 11 is 0. The lowest BCUT2D eigenvalue weighted by Gasteiger charge is -2.11. The maximum absolute atomic E-state index is 11.5. The van der Waals surface area contributed by atoms with Crippen LogP contribution >= 0.6 is 0 Å². The summed E-state index contributed by atoms with van der Waals surface area (Å²) in [5.41, 5.74) is 1.12. The first-order chi connectivity index (χ1) is 6.77. The highest BCUT2D eigenvalue weighted by molar-refractivity contribution is 5.83. The van der Waals surface area contributed by atoms with Gasteiger partial charge >= 0.3 is 0 Å². The molecule has 1 aromatic rings. The van der Waals surface area contributed by atoms with Gasteiger partial charge in [0.15, 0.2) is 0 Å². The number of hydrogen-bond donors (Lipinski definition) is 2. The number of H-pyrrole nitrogens is 1. The summed E-state index contributed by atoms with van der Waals surface area (Å²) in [6, 6.07) is 3.97. The van der Waals surface area contributed by atoms with Crippen LogP contribution in [0.3, 0.4) is 0 Å². The van der Waals surface area contributed by atoms with Crippen LogP contribution in [0.1, 0.15) is 12.1 Å². The van der Waals surface area contributed by atoms with Crippen LogP contribution in [0.2, 0.25) is 0 Å². The van der Waals surface area contributed by atoms with Crippen molar-refractivity contribution in [2.24, 2.45) is 0 Å². The van der Waals surface area contributed by atoms with E-state index in [0.717, 1.165) is 25.2 Å². The van der Waals surface area contributed by atoms with Crippen LogP contribution in [0, 0.1) is 0 Å². The predicted octanol–water partition coefficient (Wildman–Crippen LogP) is 0.335. The fourth-order valence-corrected chi connectivity index (χ4v) is 1.72. The van der Waals surface area contributed by atoms with E-state index in [1.165, 1.54) is 0 Å². The van der Waals surface area contributed by atoms with Crippen LogP contribution in [0.4, 0.5) is 0 Å². The number of aromatic amines is 1. The van der Waals surface area contributed by atoms with E-state index in [0.29, 0.717) is 0 Å². The van der Waals surface area contributed by atoms with Gasteiger partial charge in [0.25, 0.3) is 0 Å². The van der Waals surface area contributed by atoms with E-state index in [1.54, 1.807) is 4.90 Å². The second-order valence-electron chi connectivity index (χ2n) is 3.68. The summed E-state index contributed by atoms with van der Waals surface area (Å²) < 4.78 is 0. The summed E-state index contributed by atoms with van der Waals surface area (Å²) in [4.78, 5) is 16.4. The number of aromatic nitrogens is 1. The van der Waals surface area contributed by atoms with E-state index in [-0.39, 0.29) is 11.9 Å². The van der Waals surface area contributed by atoms with Crippen LogP contribution in [-0.4, -0.2) is 35.4 Å². The quantitative estimate of drug-likeness (QED) is 0.727. The van der Waals surface area contributed by atoms with Crippen molar-refractivity contribution in [3.8, 4) is 0 Å². The molecule has 1 fully saturated rings. The molecule has 1 unspecified atom stereocenters. The molecule has 4 nitrogen and oxygen atoms in total. The third-order valence-corrected chi connectivity index (χ3v) is 2.63. The zero-order chi connectivity index (χ0) is 9.97. The van der Waals surface area contributed by atoms with Gasteiger partial charge in [-0.3, -0.25) is 4.79 Å². The largest absolute Gasteiger partial charge is 0.364 e. The van der Waals surface area contributed by atoms with Gasteiger partial charge < -0.3 is 15.2 Å². The fraction of sp³-hybridized carbons (Fsp3) is 0.500. The Morgan fingerprint density at radius 3 is 3.14 bits per heavy atom. The molecular weight excluding hydrogens is 178 g/mol. The van der Waals surface area contributed by atoms with Crippen LogP contribution in [0.5, 0.6) is 0 Å². The zero-order valence-corrected chi connectivity index (χ0v) is 8.29. The molecule has 0 aliphatic carbocycles. The van der Waals surface area contributed by atoms with E-state index >= 15 is 0 Å². The number of carbonyl (C=O) groups is 1. The maximum Gasteiger partial charge on any atom is 0.239 e. The number of nitrogens with one attached hydrogen (secondary N) is 2. The molecule has 2 rings (SSSR count). The molecule has 14 heavy (non-hydrogen) atoms. The average molecular weight is 193 g/mol. The van der Waals surface area contributed by atoms with Crippen LogP contribution in [0.25, 0.3) is 0 Å². The number of carbonyl (C=O) groups excluding carboxylic acids is 1. The first-order valence-electron chi connectivity index (χ1n) is 4.88. The number of rotatable bonds is 3. The van der Waals surface area contributed by atoms with Gasteiger partial charge in [0.1, 0.15) is 0 Å². The number of likely N-dealkylation sites (N-methyl/N-ethyl adjacent to an activating group) is 1. The van der Waals surface area contributed by atoms with Crippen LogP contribution < -0.4 is 5.32 Å². The first kappa shape index (κ1) is 9.27. The topological polar surface area (TPSA) is 48.1 Å². The lowest BCUT2D eigenvalue weighted by molar-refractivity contribution is -0.128. The van der Waals surface area contributed by atoms with E-state index in [9.17, 15) is 4.79 Å². The molecule has 0 spiro atoms. The molecule has 1 amide bonds. The standard InChI is InChI=1S/C10H15N3O/c1-13-6-4-9(10(13)14)12-7-8-3-2-5-11-8/h2-3,5,9,11-12H,4,6-7H2,1H3. The smallest absolute Gasteiger partial charge is 0.239 e. The molecule has 1 aliphatic heterocycles. The highest BCUT2D eigenvalue weighted by Crippen LogP contribution is 2.08. The van der Waals surface area contributed by atoms with Crippen molar-refractivity contribution < 1.29 is 4.79 Å². The summed E-state index contributed by atoms with van der Waals surface area (Å²) in [6.45, 7) is 1.60. The monoisotopic (exact) mass is 193 g/mol. The summed E-state index contributed by atoms with van der Waals surface area (Å²) in [7, 11) is 1.85. The Bertz CT molecular complexity index is 307. The summed E-state index contributed by atoms with van der Waals surface area (Å²) in [5, 5.41) is 3.24. The van der Waals surface area contributed by atoms with Gasteiger partial charge in [-0.15, -0.1) is 0 Å². The van der Waals surface area contributed by atoms with Crippen LogP contribution in [0.15, 0.2) is 18.3 Å². The van der Waals surface area contributed by atoms with Gasteiger partial charge in [-0.2, -0.15) is 0 Å². The van der Waals surface area contributed by atoms with Crippen molar-refractivity contribution >= 4 is 5.91 Å². The van der Waals surface area contributed by atoms with Gasteiger partial charge in [0.05, 0.1) is 6.04 Å². The lowest BCUT2D eigenvalue weighted by atomic mass is 10.2. The molecule has 0 saturated carbocycles. The molecule has 1 saturated heterocycles. The number of nitrogens with zero attached hydrogens (tertiary/aromatic N) is 1. The highest BCUT2D eigenvalue weighted by atomic mass is 16.2. The minimum Gasteiger partial charge on any atom is -0.364 e. The SMILES string of the molecule is CN1CCC(NCc2ccc[nH]2)C1=O. The highest BCUT2D eigenvalue weighted by Gasteiger charge is 2.28. The number of likely N-dealkylation sites (tertiary alicyclic amines) is 1. The maximum atomic E-state index is 11.5. The molecule has 1 aromatic heterocycles. The van der Waals surface area contributed by atoms with E-state index in [2.05, 4.69) is 10.3 Å². The Morgan fingerprint density at radius 1 is 1.71 bits per heavy atom. The zero-order valence-electron chi connectivity index (χ0n) is 8.29. The van der Waals surface area contributed by atoms with Crippen molar-refractivity contribution in [3.05, 3.63) is 24.0 Å². The lowest BCUT2D eigenvalue weighted by Crippen LogP contribution is -2.36. The Kier molecular flexibility index (Phi) is 2.54. The van der Waals surface area contributed by atoms with Crippen molar-refractivity contribution in [2.75, 3.05) is 13.6 Å². The minimum atomic E-state index is 0.00306. The normalized spacial score (nSPS) is 21.9. The Hall–Kier alpha value is -1.29. The van der Waals surface area contributed by atoms with Gasteiger partial charge in [0.2, 0.25) is 5.91 Å². The third-order valence-electron chi connectivity index (χ3n) is 2.63. The third kappa shape index (κ3) is 1.80. The van der Waals surface area contributed by atoms with Gasteiger partial charge in [-0.1, -0.05) is 0 Å². The van der Waals surface area contributed by atoms with Crippen molar-refractivity contribution in [1.82, 2.24) is 15.2 Å². The average Bonchev–Trinajstić information content (AvgIpc) is 2.77. The molecule has 0 bridgehead atoms. The molecule has 4 heteroatoms. The molecule has 2 heterocycles. The molecule has 1 aliphatic rings. The fourth-order valence-electron chi connectivity index (χ4n) is 1.72. The Morgan fingerprint density at radius 2 is 2.57 bits per heavy atom. The van der Waals surface area contributed by atoms with Crippen LogP contribution in [-0.2, 0) is 11.3 Å². The van der Waals surface area contributed by atoms with E-state index in [4.69, 9.17) is 0 Å². The summed E-state index contributed by atoms with van der Waals surface area (Å²) in [6.07, 6.45) is 2.80.